The maximum atomic E-state index is 5.65. The Bertz CT molecular complexity index is 966. The van der Waals surface area contributed by atoms with Crippen LogP contribution in [-0.2, 0) is 0 Å². The maximum Gasteiger partial charge on any atom is 0.171 e. The standard InChI is InChI=1S/C21H18N2OS/c1-24-19-12-11-14-7-5-6-10-16(14)20(19)18-13-17(22-21(25)23-18)15-8-3-2-4-9-15/h2-13,18H,1H3,(H2,22,23,25)/t18-/m1/s1. The van der Waals surface area contributed by atoms with E-state index in [1.54, 1.807) is 7.11 Å². The van der Waals surface area contributed by atoms with Gasteiger partial charge in [0.2, 0.25) is 0 Å². The Labute approximate surface area is 152 Å². The van der Waals surface area contributed by atoms with Crippen LogP contribution in [0.3, 0.4) is 0 Å². The first-order chi connectivity index (χ1) is 12.3. The lowest BCUT2D eigenvalue weighted by atomic mass is 9.95. The Hall–Kier alpha value is -2.85. The summed E-state index contributed by atoms with van der Waals surface area (Å²) in [6.45, 7) is 0. The van der Waals surface area contributed by atoms with Gasteiger partial charge < -0.3 is 15.4 Å². The number of fused-ring (bicyclic) bond motifs is 1. The zero-order valence-corrected chi connectivity index (χ0v) is 14.6. The predicted octanol–water partition coefficient (Wildman–Crippen LogP) is 4.41. The van der Waals surface area contributed by atoms with E-state index in [4.69, 9.17) is 17.0 Å². The molecule has 1 aliphatic heterocycles. The minimum atomic E-state index is -0.0648. The molecule has 0 unspecified atom stereocenters. The highest BCUT2D eigenvalue weighted by Gasteiger charge is 2.23. The highest BCUT2D eigenvalue weighted by molar-refractivity contribution is 7.80. The number of thiocarbonyl (C=S) groups is 1. The van der Waals surface area contributed by atoms with E-state index in [0.29, 0.717) is 5.11 Å². The summed E-state index contributed by atoms with van der Waals surface area (Å²) in [5, 5.41) is 9.57. The molecule has 0 radical (unpaired) electrons. The van der Waals surface area contributed by atoms with Crippen LogP contribution in [0, 0.1) is 0 Å². The van der Waals surface area contributed by atoms with Crippen molar-refractivity contribution >= 4 is 33.8 Å². The second-order valence-electron chi connectivity index (χ2n) is 5.93. The van der Waals surface area contributed by atoms with Gasteiger partial charge in [-0.15, -0.1) is 0 Å². The van der Waals surface area contributed by atoms with Crippen molar-refractivity contribution in [2.75, 3.05) is 7.11 Å². The molecule has 0 saturated heterocycles. The number of ether oxygens (including phenoxy) is 1. The van der Waals surface area contributed by atoms with Crippen LogP contribution < -0.4 is 15.4 Å². The fourth-order valence-corrected chi connectivity index (χ4v) is 3.50. The largest absolute Gasteiger partial charge is 0.496 e. The fourth-order valence-electron chi connectivity index (χ4n) is 3.27. The van der Waals surface area contributed by atoms with Crippen LogP contribution in [0.4, 0.5) is 0 Å². The van der Waals surface area contributed by atoms with Gasteiger partial charge in [0.05, 0.1) is 13.2 Å². The summed E-state index contributed by atoms with van der Waals surface area (Å²) in [6, 6.07) is 22.6. The van der Waals surface area contributed by atoms with Gasteiger partial charge in [0, 0.05) is 11.3 Å². The van der Waals surface area contributed by atoms with Crippen molar-refractivity contribution < 1.29 is 4.74 Å². The zero-order valence-electron chi connectivity index (χ0n) is 13.8. The highest BCUT2D eigenvalue weighted by atomic mass is 32.1. The quantitative estimate of drug-likeness (QED) is 0.688. The molecule has 3 aromatic carbocycles. The minimum Gasteiger partial charge on any atom is -0.496 e. The van der Waals surface area contributed by atoms with E-state index in [9.17, 15) is 0 Å². The van der Waals surface area contributed by atoms with Crippen LogP contribution in [0.2, 0.25) is 0 Å². The van der Waals surface area contributed by atoms with Crippen molar-refractivity contribution in [1.29, 1.82) is 0 Å². The molecule has 1 heterocycles. The Morgan fingerprint density at radius 3 is 2.48 bits per heavy atom. The van der Waals surface area contributed by atoms with E-state index in [1.165, 1.54) is 5.39 Å². The van der Waals surface area contributed by atoms with Crippen molar-refractivity contribution in [3.05, 3.63) is 83.9 Å². The lowest BCUT2D eigenvalue weighted by molar-refractivity contribution is 0.408. The second-order valence-corrected chi connectivity index (χ2v) is 6.33. The molecule has 0 fully saturated rings. The van der Waals surface area contributed by atoms with Crippen LogP contribution >= 0.6 is 12.2 Å². The lowest BCUT2D eigenvalue weighted by Gasteiger charge is -2.28. The van der Waals surface area contributed by atoms with E-state index in [0.717, 1.165) is 28.0 Å². The van der Waals surface area contributed by atoms with Crippen LogP contribution in [0.15, 0.2) is 72.8 Å². The van der Waals surface area contributed by atoms with E-state index in [-0.39, 0.29) is 6.04 Å². The summed E-state index contributed by atoms with van der Waals surface area (Å²) in [4.78, 5) is 0. The fraction of sp³-hybridized carbons (Fsp3) is 0.0952. The normalized spacial score (nSPS) is 16.8. The molecule has 124 valence electrons. The molecule has 0 aromatic heterocycles. The van der Waals surface area contributed by atoms with Gasteiger partial charge in [-0.2, -0.15) is 0 Å². The van der Waals surface area contributed by atoms with Gasteiger partial charge >= 0.3 is 0 Å². The minimum absolute atomic E-state index is 0.0648. The molecule has 0 bridgehead atoms. The van der Waals surface area contributed by atoms with Gasteiger partial charge in [0.1, 0.15) is 5.75 Å². The van der Waals surface area contributed by atoms with Crippen molar-refractivity contribution in [3.63, 3.8) is 0 Å². The van der Waals surface area contributed by atoms with Crippen LogP contribution in [0.1, 0.15) is 17.2 Å². The summed E-state index contributed by atoms with van der Waals surface area (Å²) >= 11 is 5.46. The topological polar surface area (TPSA) is 33.3 Å². The molecule has 4 heteroatoms. The zero-order chi connectivity index (χ0) is 17.2. The van der Waals surface area contributed by atoms with Crippen molar-refractivity contribution in [1.82, 2.24) is 10.6 Å². The molecule has 1 atom stereocenters. The Kier molecular flexibility index (Phi) is 4.12. The number of rotatable bonds is 3. The van der Waals surface area contributed by atoms with Gasteiger partial charge in [-0.05, 0) is 40.7 Å². The first kappa shape index (κ1) is 15.7. The third kappa shape index (κ3) is 2.96. The van der Waals surface area contributed by atoms with Crippen LogP contribution in [0.5, 0.6) is 5.75 Å². The monoisotopic (exact) mass is 346 g/mol. The molecule has 4 rings (SSSR count). The number of benzene rings is 3. The van der Waals surface area contributed by atoms with E-state index in [2.05, 4.69) is 47.0 Å². The summed E-state index contributed by atoms with van der Waals surface area (Å²) in [6.07, 6.45) is 2.16. The summed E-state index contributed by atoms with van der Waals surface area (Å²) in [5.41, 5.74) is 3.21. The van der Waals surface area contributed by atoms with Crippen LogP contribution in [0.25, 0.3) is 16.5 Å². The molecule has 1 aliphatic rings. The maximum absolute atomic E-state index is 5.65. The molecule has 0 spiro atoms. The predicted molar refractivity (Wildman–Crippen MR) is 107 cm³/mol. The van der Waals surface area contributed by atoms with E-state index < -0.39 is 0 Å². The smallest absolute Gasteiger partial charge is 0.171 e. The first-order valence-corrected chi connectivity index (χ1v) is 8.57. The Morgan fingerprint density at radius 1 is 0.920 bits per heavy atom. The summed E-state index contributed by atoms with van der Waals surface area (Å²) in [5.74, 6) is 0.851. The van der Waals surface area contributed by atoms with Crippen molar-refractivity contribution in [3.8, 4) is 5.75 Å². The molecular weight excluding hydrogens is 328 g/mol. The molecule has 0 aliphatic carbocycles. The van der Waals surface area contributed by atoms with Crippen LogP contribution in [-0.4, -0.2) is 12.2 Å². The van der Waals surface area contributed by atoms with Crippen molar-refractivity contribution in [2.45, 2.75) is 6.04 Å². The van der Waals surface area contributed by atoms with Crippen molar-refractivity contribution in [2.24, 2.45) is 0 Å². The summed E-state index contributed by atoms with van der Waals surface area (Å²) in [7, 11) is 1.70. The number of methoxy groups -OCH3 is 1. The molecule has 0 amide bonds. The third-order valence-corrected chi connectivity index (χ3v) is 4.63. The van der Waals surface area contributed by atoms with Gasteiger partial charge in [-0.3, -0.25) is 0 Å². The molecule has 3 nitrogen and oxygen atoms in total. The molecule has 25 heavy (non-hydrogen) atoms. The van der Waals surface area contributed by atoms with Gasteiger partial charge in [-0.1, -0.05) is 60.7 Å². The van der Waals surface area contributed by atoms with E-state index in [1.807, 2.05) is 36.4 Å². The average Bonchev–Trinajstić information content (AvgIpc) is 2.67. The van der Waals surface area contributed by atoms with E-state index >= 15 is 0 Å². The number of hydrogen-bond acceptors (Lipinski definition) is 2. The number of hydrogen-bond donors (Lipinski definition) is 2. The third-order valence-electron chi connectivity index (χ3n) is 4.41. The molecule has 0 saturated carbocycles. The first-order valence-electron chi connectivity index (χ1n) is 8.16. The molecule has 2 N–H and O–H groups in total. The molecular formula is C21H18N2OS. The number of nitrogens with one attached hydrogen (secondary N) is 2. The highest BCUT2D eigenvalue weighted by Crippen LogP contribution is 2.35. The summed E-state index contributed by atoms with van der Waals surface area (Å²) < 4.78 is 5.65. The molecule has 3 aromatic rings. The van der Waals surface area contributed by atoms with Gasteiger partial charge in [-0.25, -0.2) is 0 Å². The Morgan fingerprint density at radius 2 is 1.68 bits per heavy atom. The lowest BCUT2D eigenvalue weighted by Crippen LogP contribution is -2.40. The SMILES string of the molecule is COc1ccc2ccccc2c1[C@H]1C=C(c2ccccc2)NC(=S)N1. The average molecular weight is 346 g/mol. The van der Waals surface area contributed by atoms with Gasteiger partial charge in [0.25, 0.3) is 0 Å². The second kappa shape index (κ2) is 6.57. The van der Waals surface area contributed by atoms with Gasteiger partial charge in [0.15, 0.2) is 5.11 Å². The Balaban J connectivity index is 1.89.